The average Bonchev–Trinajstić information content (AvgIpc) is 2.96. The van der Waals surface area contributed by atoms with Crippen molar-refractivity contribution < 1.29 is 0 Å². The van der Waals surface area contributed by atoms with Crippen molar-refractivity contribution in [2.24, 2.45) is 0 Å². The Morgan fingerprint density at radius 2 is 1.74 bits per heavy atom. The SMILES string of the molecule is CC(NNCCc1ccc(Cl)cc1)c1cc2cc(Cl)ccc2[nH]1. The molecule has 1 aromatic heterocycles. The van der Waals surface area contributed by atoms with Crippen molar-refractivity contribution in [3.05, 3.63) is 69.8 Å². The fraction of sp³-hybridized carbons (Fsp3) is 0.222. The number of fused-ring (bicyclic) bond motifs is 1. The molecule has 3 aromatic rings. The van der Waals surface area contributed by atoms with Crippen LogP contribution in [0.15, 0.2) is 48.5 Å². The van der Waals surface area contributed by atoms with E-state index < -0.39 is 0 Å². The van der Waals surface area contributed by atoms with Crippen molar-refractivity contribution in [3.8, 4) is 0 Å². The summed E-state index contributed by atoms with van der Waals surface area (Å²) in [6.45, 7) is 2.96. The van der Waals surface area contributed by atoms with Crippen LogP contribution in [0, 0.1) is 0 Å². The fourth-order valence-corrected chi connectivity index (χ4v) is 2.83. The number of aromatic amines is 1. The third-order valence-electron chi connectivity index (χ3n) is 3.84. The quantitative estimate of drug-likeness (QED) is 0.439. The topological polar surface area (TPSA) is 39.8 Å². The van der Waals surface area contributed by atoms with Crippen molar-refractivity contribution in [1.82, 2.24) is 15.8 Å². The van der Waals surface area contributed by atoms with E-state index in [0.29, 0.717) is 0 Å². The number of hydrazine groups is 1. The van der Waals surface area contributed by atoms with Crippen LogP contribution in [0.25, 0.3) is 10.9 Å². The lowest BCUT2D eigenvalue weighted by atomic mass is 10.1. The first-order valence-electron chi connectivity index (χ1n) is 7.63. The molecule has 0 bridgehead atoms. The van der Waals surface area contributed by atoms with Gasteiger partial charge >= 0.3 is 0 Å². The molecule has 0 fully saturated rings. The molecule has 0 saturated carbocycles. The van der Waals surface area contributed by atoms with Crippen molar-refractivity contribution in [2.75, 3.05) is 6.54 Å². The third kappa shape index (κ3) is 4.27. The van der Waals surface area contributed by atoms with Crippen LogP contribution in [0.4, 0.5) is 0 Å². The van der Waals surface area contributed by atoms with Crippen LogP contribution in [0.3, 0.4) is 0 Å². The van der Waals surface area contributed by atoms with Crippen molar-refractivity contribution in [3.63, 3.8) is 0 Å². The van der Waals surface area contributed by atoms with Crippen LogP contribution < -0.4 is 10.9 Å². The van der Waals surface area contributed by atoms with E-state index in [2.05, 4.69) is 41.0 Å². The number of nitrogens with one attached hydrogen (secondary N) is 3. The smallest absolute Gasteiger partial charge is 0.0584 e. The monoisotopic (exact) mass is 347 g/mol. The summed E-state index contributed by atoms with van der Waals surface area (Å²) in [5.74, 6) is 0. The summed E-state index contributed by atoms with van der Waals surface area (Å²) in [7, 11) is 0. The Bertz CT molecular complexity index is 781. The zero-order valence-electron chi connectivity index (χ0n) is 12.9. The van der Waals surface area contributed by atoms with Crippen LogP contribution in [0.1, 0.15) is 24.2 Å². The summed E-state index contributed by atoms with van der Waals surface area (Å²) in [6.07, 6.45) is 0.944. The van der Waals surface area contributed by atoms with Gasteiger partial charge in [-0.25, -0.2) is 5.43 Å². The molecule has 0 saturated heterocycles. The molecule has 3 nitrogen and oxygen atoms in total. The lowest BCUT2D eigenvalue weighted by Crippen LogP contribution is -2.35. The standard InChI is InChI=1S/C18H19Cl2N3/c1-12(18-11-14-10-16(20)6-7-17(14)22-18)23-21-9-8-13-2-4-15(19)5-3-13/h2-7,10-12,21-23H,8-9H2,1H3. The van der Waals surface area contributed by atoms with E-state index in [1.54, 1.807) is 0 Å². The molecule has 1 heterocycles. The highest BCUT2D eigenvalue weighted by Crippen LogP contribution is 2.22. The van der Waals surface area contributed by atoms with E-state index >= 15 is 0 Å². The second-order valence-corrected chi connectivity index (χ2v) is 6.50. The summed E-state index contributed by atoms with van der Waals surface area (Å²) in [6, 6.07) is 16.1. The first-order valence-corrected chi connectivity index (χ1v) is 8.38. The van der Waals surface area contributed by atoms with E-state index in [1.807, 2.05) is 30.3 Å². The van der Waals surface area contributed by atoms with Crippen LogP contribution in [-0.4, -0.2) is 11.5 Å². The van der Waals surface area contributed by atoms with E-state index in [-0.39, 0.29) is 6.04 Å². The van der Waals surface area contributed by atoms with Gasteiger partial charge in [-0.15, -0.1) is 0 Å². The van der Waals surface area contributed by atoms with Gasteiger partial charge in [-0.1, -0.05) is 35.3 Å². The minimum atomic E-state index is 0.173. The number of H-pyrrole nitrogens is 1. The minimum absolute atomic E-state index is 0.173. The van der Waals surface area contributed by atoms with E-state index in [4.69, 9.17) is 23.2 Å². The second-order valence-electron chi connectivity index (χ2n) is 5.63. The van der Waals surface area contributed by atoms with Gasteiger partial charge in [0.2, 0.25) is 0 Å². The highest BCUT2D eigenvalue weighted by Gasteiger charge is 2.08. The zero-order chi connectivity index (χ0) is 16.2. The molecule has 0 spiro atoms. The maximum atomic E-state index is 6.03. The Morgan fingerprint density at radius 1 is 1.00 bits per heavy atom. The van der Waals surface area contributed by atoms with Crippen LogP contribution >= 0.6 is 23.2 Å². The number of rotatable bonds is 6. The maximum absolute atomic E-state index is 6.03. The Morgan fingerprint density at radius 3 is 2.52 bits per heavy atom. The van der Waals surface area contributed by atoms with E-state index in [1.165, 1.54) is 5.56 Å². The summed E-state index contributed by atoms with van der Waals surface area (Å²) < 4.78 is 0. The lowest BCUT2D eigenvalue weighted by Gasteiger charge is -2.13. The molecular weight excluding hydrogens is 329 g/mol. The number of benzene rings is 2. The third-order valence-corrected chi connectivity index (χ3v) is 4.33. The normalized spacial score (nSPS) is 12.7. The molecule has 0 aliphatic heterocycles. The predicted octanol–water partition coefficient (Wildman–Crippen LogP) is 4.87. The maximum Gasteiger partial charge on any atom is 0.0584 e. The molecule has 3 N–H and O–H groups in total. The zero-order valence-corrected chi connectivity index (χ0v) is 14.4. The van der Waals surface area contributed by atoms with Gasteiger partial charge in [0.25, 0.3) is 0 Å². The minimum Gasteiger partial charge on any atom is -0.357 e. The van der Waals surface area contributed by atoms with E-state index in [9.17, 15) is 0 Å². The molecule has 0 amide bonds. The molecule has 0 aliphatic rings. The summed E-state index contributed by atoms with van der Waals surface area (Å²) in [5, 5.41) is 2.65. The molecule has 5 heteroatoms. The molecule has 3 rings (SSSR count). The number of hydrogen-bond acceptors (Lipinski definition) is 2. The largest absolute Gasteiger partial charge is 0.357 e. The van der Waals surface area contributed by atoms with Crippen molar-refractivity contribution >= 4 is 34.1 Å². The number of hydrogen-bond donors (Lipinski definition) is 3. The second kappa shape index (κ2) is 7.37. The first-order chi connectivity index (χ1) is 11.1. The Balaban J connectivity index is 1.52. The Labute approximate surface area is 146 Å². The van der Waals surface area contributed by atoms with Gasteiger partial charge in [-0.05, 0) is 55.3 Å². The van der Waals surface area contributed by atoms with Gasteiger partial charge in [-0.2, -0.15) is 0 Å². The number of halogens is 2. The van der Waals surface area contributed by atoms with E-state index in [0.717, 1.165) is 39.6 Å². The summed E-state index contributed by atoms with van der Waals surface area (Å²) >= 11 is 11.9. The molecule has 1 unspecified atom stereocenters. The van der Waals surface area contributed by atoms with Crippen molar-refractivity contribution in [1.29, 1.82) is 0 Å². The molecule has 120 valence electrons. The molecule has 0 radical (unpaired) electrons. The summed E-state index contributed by atoms with van der Waals surface area (Å²) in [5.41, 5.74) is 10.1. The van der Waals surface area contributed by atoms with Crippen molar-refractivity contribution in [2.45, 2.75) is 19.4 Å². The van der Waals surface area contributed by atoms with Gasteiger partial charge in [0.15, 0.2) is 0 Å². The highest BCUT2D eigenvalue weighted by molar-refractivity contribution is 6.31. The van der Waals surface area contributed by atoms with Gasteiger partial charge in [0.1, 0.15) is 0 Å². The van der Waals surface area contributed by atoms with Gasteiger partial charge in [0, 0.05) is 33.2 Å². The first kappa shape index (κ1) is 16.3. The predicted molar refractivity (Wildman–Crippen MR) is 98.0 cm³/mol. The fourth-order valence-electron chi connectivity index (χ4n) is 2.52. The molecule has 2 aromatic carbocycles. The van der Waals surface area contributed by atoms with Gasteiger partial charge in [0.05, 0.1) is 6.04 Å². The number of aromatic nitrogens is 1. The van der Waals surface area contributed by atoms with Gasteiger partial charge in [-0.3, -0.25) is 5.43 Å². The Hall–Kier alpha value is -1.52. The molecule has 1 atom stereocenters. The van der Waals surface area contributed by atoms with Crippen LogP contribution in [0.5, 0.6) is 0 Å². The Kier molecular flexibility index (Phi) is 5.23. The van der Waals surface area contributed by atoms with Gasteiger partial charge < -0.3 is 4.98 Å². The van der Waals surface area contributed by atoms with Crippen LogP contribution in [0.2, 0.25) is 10.0 Å². The average molecular weight is 348 g/mol. The molecule has 23 heavy (non-hydrogen) atoms. The molecular formula is C18H19Cl2N3. The molecule has 0 aliphatic carbocycles. The summed E-state index contributed by atoms with van der Waals surface area (Å²) in [4.78, 5) is 3.41. The lowest BCUT2D eigenvalue weighted by molar-refractivity contribution is 0.459. The van der Waals surface area contributed by atoms with Crippen LogP contribution in [-0.2, 0) is 6.42 Å². The highest BCUT2D eigenvalue weighted by atomic mass is 35.5.